The lowest BCUT2D eigenvalue weighted by molar-refractivity contribution is 0.0739. The van der Waals surface area contributed by atoms with Crippen molar-refractivity contribution in [2.75, 3.05) is 13.7 Å². The molecule has 4 nitrogen and oxygen atoms in total. The van der Waals surface area contributed by atoms with Gasteiger partial charge in [-0.3, -0.25) is 4.79 Å². The van der Waals surface area contributed by atoms with Crippen molar-refractivity contribution < 1.29 is 13.9 Å². The van der Waals surface area contributed by atoms with Gasteiger partial charge in [-0.1, -0.05) is 18.3 Å². The highest BCUT2D eigenvalue weighted by atomic mass is 32.1. The third-order valence-electron chi connectivity index (χ3n) is 3.26. The number of amides is 1. The summed E-state index contributed by atoms with van der Waals surface area (Å²) >= 11 is 4.84. The molecule has 6 heteroatoms. The maximum Gasteiger partial charge on any atom is 0.260 e. The third-order valence-corrected chi connectivity index (χ3v) is 3.46. The van der Waals surface area contributed by atoms with Gasteiger partial charge < -0.3 is 15.4 Å². The van der Waals surface area contributed by atoms with E-state index in [2.05, 4.69) is 0 Å². The topological polar surface area (TPSA) is 55.6 Å². The Morgan fingerprint density at radius 3 is 2.80 bits per heavy atom. The molecule has 0 saturated heterocycles. The molecule has 1 aromatic carbocycles. The smallest absolute Gasteiger partial charge is 0.260 e. The van der Waals surface area contributed by atoms with Crippen molar-refractivity contribution in [2.24, 2.45) is 5.73 Å². The van der Waals surface area contributed by atoms with E-state index in [-0.39, 0.29) is 23.3 Å². The molecule has 0 bridgehead atoms. The molecule has 108 valence electrons. The lowest BCUT2D eigenvalue weighted by Crippen LogP contribution is -2.36. The van der Waals surface area contributed by atoms with Crippen LogP contribution in [0.1, 0.15) is 29.6 Å². The van der Waals surface area contributed by atoms with Gasteiger partial charge in [0.2, 0.25) is 0 Å². The number of carbonyl (C=O) groups excluding carboxylic acids is 1. The SMILES string of the molecule is COc1cccc(F)c1C(=O)N(CCC(N)=S)C1CC1. The minimum absolute atomic E-state index is 0.0233. The van der Waals surface area contributed by atoms with Crippen molar-refractivity contribution in [1.29, 1.82) is 0 Å². The first kappa shape index (κ1) is 14.7. The quantitative estimate of drug-likeness (QED) is 0.817. The van der Waals surface area contributed by atoms with Crippen LogP contribution in [-0.4, -0.2) is 35.5 Å². The second kappa shape index (κ2) is 6.17. The molecule has 1 aromatic rings. The van der Waals surface area contributed by atoms with E-state index in [1.54, 1.807) is 11.0 Å². The summed E-state index contributed by atoms with van der Waals surface area (Å²) in [6, 6.07) is 4.51. The van der Waals surface area contributed by atoms with Gasteiger partial charge in [0.1, 0.15) is 17.1 Å². The Balaban J connectivity index is 2.25. The zero-order valence-corrected chi connectivity index (χ0v) is 12.1. The summed E-state index contributed by atoms with van der Waals surface area (Å²) in [7, 11) is 1.42. The van der Waals surface area contributed by atoms with Crippen LogP contribution in [0.3, 0.4) is 0 Å². The molecule has 1 fully saturated rings. The molecule has 0 unspecified atom stereocenters. The summed E-state index contributed by atoms with van der Waals surface area (Å²) in [5, 5.41) is 0. The first-order chi connectivity index (χ1) is 9.54. The minimum Gasteiger partial charge on any atom is -0.496 e. The van der Waals surface area contributed by atoms with Gasteiger partial charge in [-0.25, -0.2) is 4.39 Å². The minimum atomic E-state index is -0.574. The van der Waals surface area contributed by atoms with Crippen molar-refractivity contribution in [2.45, 2.75) is 25.3 Å². The average molecular weight is 296 g/mol. The molecule has 0 heterocycles. The molecule has 0 spiro atoms. The number of rotatable bonds is 6. The largest absolute Gasteiger partial charge is 0.496 e. The van der Waals surface area contributed by atoms with E-state index in [0.717, 1.165) is 12.8 Å². The first-order valence-corrected chi connectivity index (χ1v) is 6.87. The summed E-state index contributed by atoms with van der Waals surface area (Å²) < 4.78 is 19.0. The molecule has 0 aromatic heterocycles. The van der Waals surface area contributed by atoms with Gasteiger partial charge in [0.15, 0.2) is 0 Å². The van der Waals surface area contributed by atoms with E-state index < -0.39 is 5.82 Å². The molecule has 0 radical (unpaired) electrons. The highest BCUT2D eigenvalue weighted by Gasteiger charge is 2.35. The molecule has 1 aliphatic rings. The van der Waals surface area contributed by atoms with Crippen LogP contribution in [0, 0.1) is 5.82 Å². The van der Waals surface area contributed by atoms with Gasteiger partial charge in [-0.15, -0.1) is 0 Å². The second-order valence-corrected chi connectivity index (χ2v) is 5.29. The highest BCUT2D eigenvalue weighted by Crippen LogP contribution is 2.31. The Morgan fingerprint density at radius 2 is 2.25 bits per heavy atom. The second-order valence-electron chi connectivity index (χ2n) is 4.76. The Bertz CT molecular complexity index is 532. The van der Waals surface area contributed by atoms with Gasteiger partial charge in [-0.05, 0) is 25.0 Å². The number of ether oxygens (including phenoxy) is 1. The summed E-state index contributed by atoms with van der Waals surface area (Å²) in [5.41, 5.74) is 5.46. The number of carbonyl (C=O) groups is 1. The number of methoxy groups -OCH3 is 1. The third kappa shape index (κ3) is 3.25. The highest BCUT2D eigenvalue weighted by molar-refractivity contribution is 7.80. The molecule has 1 saturated carbocycles. The van der Waals surface area contributed by atoms with Crippen LogP contribution in [0.25, 0.3) is 0 Å². The maximum atomic E-state index is 14.0. The van der Waals surface area contributed by atoms with Crippen molar-refractivity contribution in [3.8, 4) is 5.75 Å². The number of nitrogens with zero attached hydrogens (tertiary/aromatic N) is 1. The molecule has 20 heavy (non-hydrogen) atoms. The number of hydrogen-bond donors (Lipinski definition) is 1. The molecule has 2 N–H and O–H groups in total. The van der Waals surface area contributed by atoms with Gasteiger partial charge in [0.05, 0.1) is 12.1 Å². The van der Waals surface area contributed by atoms with E-state index in [9.17, 15) is 9.18 Å². The normalized spacial score (nSPS) is 13.9. The Kier molecular flexibility index (Phi) is 4.54. The average Bonchev–Trinajstić information content (AvgIpc) is 3.22. The standard InChI is InChI=1S/C14H17FN2O2S/c1-19-11-4-2-3-10(15)13(11)14(18)17(9-5-6-9)8-7-12(16)20/h2-4,9H,5-8H2,1H3,(H2,16,20). The zero-order chi connectivity index (χ0) is 14.7. The van der Waals surface area contributed by atoms with Crippen molar-refractivity contribution in [3.63, 3.8) is 0 Å². The fourth-order valence-electron chi connectivity index (χ4n) is 2.09. The van der Waals surface area contributed by atoms with Crippen molar-refractivity contribution in [1.82, 2.24) is 4.90 Å². The summed E-state index contributed by atoms with van der Waals surface area (Å²) in [4.78, 5) is 14.6. The van der Waals surface area contributed by atoms with Gasteiger partial charge in [0.25, 0.3) is 5.91 Å². The summed E-state index contributed by atoms with van der Waals surface area (Å²) in [6.07, 6.45) is 2.30. The van der Waals surface area contributed by atoms with E-state index in [1.807, 2.05) is 0 Å². The molecule has 0 aliphatic heterocycles. The number of benzene rings is 1. The summed E-state index contributed by atoms with van der Waals surface area (Å²) in [5.74, 6) is -0.690. The van der Waals surface area contributed by atoms with Crippen molar-refractivity contribution in [3.05, 3.63) is 29.6 Å². The van der Waals surface area contributed by atoms with Crippen molar-refractivity contribution >= 4 is 23.1 Å². The Morgan fingerprint density at radius 1 is 1.55 bits per heavy atom. The molecule has 0 atom stereocenters. The number of hydrogen-bond acceptors (Lipinski definition) is 3. The molecule has 2 rings (SSSR count). The van der Waals surface area contributed by atoms with Crippen LogP contribution in [0.4, 0.5) is 4.39 Å². The van der Waals surface area contributed by atoms with Gasteiger partial charge in [-0.2, -0.15) is 0 Å². The lowest BCUT2D eigenvalue weighted by Gasteiger charge is -2.23. The molecular weight excluding hydrogens is 279 g/mol. The Labute approximate surface area is 122 Å². The molecular formula is C14H17FN2O2S. The predicted octanol–water partition coefficient (Wildman–Crippen LogP) is 2.12. The summed E-state index contributed by atoms with van der Waals surface area (Å²) in [6.45, 7) is 0.413. The number of halogens is 1. The molecule has 1 aliphatic carbocycles. The molecule has 1 amide bonds. The fraction of sp³-hybridized carbons (Fsp3) is 0.429. The van der Waals surface area contributed by atoms with Gasteiger partial charge >= 0.3 is 0 Å². The number of thiocarbonyl (C=S) groups is 1. The lowest BCUT2D eigenvalue weighted by atomic mass is 10.1. The van der Waals surface area contributed by atoms with Crippen LogP contribution in [0.15, 0.2) is 18.2 Å². The maximum absolute atomic E-state index is 14.0. The number of nitrogens with two attached hydrogens (primary N) is 1. The van der Waals surface area contributed by atoms with E-state index in [4.69, 9.17) is 22.7 Å². The van der Waals surface area contributed by atoms with Crippen LogP contribution < -0.4 is 10.5 Å². The van der Waals surface area contributed by atoms with Gasteiger partial charge in [0, 0.05) is 19.0 Å². The van der Waals surface area contributed by atoms with E-state index in [0.29, 0.717) is 18.0 Å². The van der Waals surface area contributed by atoms with Crippen LogP contribution >= 0.6 is 12.2 Å². The van der Waals surface area contributed by atoms with Crippen LogP contribution in [0.5, 0.6) is 5.75 Å². The Hall–Kier alpha value is -1.69. The van der Waals surface area contributed by atoms with Crippen LogP contribution in [-0.2, 0) is 0 Å². The first-order valence-electron chi connectivity index (χ1n) is 6.46. The monoisotopic (exact) mass is 296 g/mol. The van der Waals surface area contributed by atoms with E-state index in [1.165, 1.54) is 19.2 Å². The van der Waals surface area contributed by atoms with Crippen LogP contribution in [0.2, 0.25) is 0 Å². The fourth-order valence-corrected chi connectivity index (χ4v) is 2.18. The predicted molar refractivity (Wildman–Crippen MR) is 78.4 cm³/mol. The zero-order valence-electron chi connectivity index (χ0n) is 11.3. The van der Waals surface area contributed by atoms with E-state index >= 15 is 0 Å².